The Morgan fingerprint density at radius 1 is 1.06 bits per heavy atom. The zero-order chi connectivity index (χ0) is 25.5. The summed E-state index contributed by atoms with van der Waals surface area (Å²) >= 11 is 11.9. The second kappa shape index (κ2) is 12.0. The number of rotatable bonds is 10. The van der Waals surface area contributed by atoms with Crippen molar-refractivity contribution < 1.29 is 14.3 Å². The number of thiocarbonyl (C=S) groups is 1. The van der Waals surface area contributed by atoms with Crippen LogP contribution >= 0.6 is 23.8 Å². The highest BCUT2D eigenvalue weighted by Gasteiger charge is 2.43. The number of halogens is 1. The Hall–Kier alpha value is -3.42. The van der Waals surface area contributed by atoms with Gasteiger partial charge in [-0.1, -0.05) is 48.0 Å². The van der Waals surface area contributed by atoms with Gasteiger partial charge in [-0.3, -0.25) is 14.5 Å². The number of hydrogen-bond acceptors (Lipinski definition) is 4. The monoisotopic (exact) mass is 521 g/mol. The van der Waals surface area contributed by atoms with E-state index in [1.165, 1.54) is 10.5 Å². The van der Waals surface area contributed by atoms with Crippen LogP contribution in [0.4, 0.5) is 11.4 Å². The molecule has 1 aliphatic rings. The van der Waals surface area contributed by atoms with Gasteiger partial charge in [0.05, 0.1) is 18.7 Å². The average molecular weight is 522 g/mol. The summed E-state index contributed by atoms with van der Waals surface area (Å²) in [6, 6.07) is 23.6. The first-order valence-electron chi connectivity index (χ1n) is 11.9. The lowest BCUT2D eigenvalue weighted by atomic mass is 10.1. The number of carbonyl (C=O) groups excluding carboxylic acids is 2. The number of hydrogen-bond donors (Lipinski definition) is 1. The molecule has 1 saturated heterocycles. The second-order valence-corrected chi connectivity index (χ2v) is 9.25. The first kappa shape index (κ1) is 25.7. The Kier molecular flexibility index (Phi) is 8.57. The number of aryl methyl sites for hydroxylation is 1. The standard InChI is InChI=1S/C28H28ClN3O3S/c1-2-35-24-15-13-22(14-16-24)30-26(33)19-25-27(34)32(23-12-6-11-21(29)18-23)28(36)31(25)17-7-10-20-8-4-3-5-9-20/h3-6,8-9,11-16,18,25H,2,7,10,17,19H2,1H3,(H,30,33). The van der Waals surface area contributed by atoms with Gasteiger partial charge in [-0.2, -0.15) is 0 Å². The van der Waals surface area contributed by atoms with E-state index in [9.17, 15) is 9.59 Å². The summed E-state index contributed by atoms with van der Waals surface area (Å²) in [6.45, 7) is 3.03. The van der Waals surface area contributed by atoms with Gasteiger partial charge < -0.3 is 15.0 Å². The van der Waals surface area contributed by atoms with Crippen molar-refractivity contribution in [1.82, 2.24) is 4.90 Å². The summed E-state index contributed by atoms with van der Waals surface area (Å²) in [7, 11) is 0. The van der Waals surface area contributed by atoms with Gasteiger partial charge in [0.15, 0.2) is 5.11 Å². The van der Waals surface area contributed by atoms with Crippen LogP contribution in [0.1, 0.15) is 25.3 Å². The van der Waals surface area contributed by atoms with E-state index in [1.807, 2.05) is 30.0 Å². The van der Waals surface area contributed by atoms with Gasteiger partial charge in [0.25, 0.3) is 5.91 Å². The van der Waals surface area contributed by atoms with Gasteiger partial charge in [0, 0.05) is 17.3 Å². The van der Waals surface area contributed by atoms with E-state index in [1.54, 1.807) is 48.5 Å². The minimum atomic E-state index is -0.699. The Labute approximate surface area is 221 Å². The van der Waals surface area contributed by atoms with Crippen molar-refractivity contribution in [3.63, 3.8) is 0 Å². The molecular weight excluding hydrogens is 494 g/mol. The fraction of sp³-hybridized carbons (Fsp3) is 0.250. The first-order valence-corrected chi connectivity index (χ1v) is 12.7. The molecule has 0 aromatic heterocycles. The van der Waals surface area contributed by atoms with Gasteiger partial charge in [-0.05, 0) is 80.0 Å². The molecule has 0 aliphatic carbocycles. The van der Waals surface area contributed by atoms with Crippen LogP contribution in [0.2, 0.25) is 5.02 Å². The lowest BCUT2D eigenvalue weighted by Crippen LogP contribution is -2.38. The van der Waals surface area contributed by atoms with Crippen molar-refractivity contribution in [1.29, 1.82) is 0 Å². The van der Waals surface area contributed by atoms with E-state index in [4.69, 9.17) is 28.6 Å². The molecule has 0 spiro atoms. The van der Waals surface area contributed by atoms with E-state index in [-0.39, 0.29) is 18.2 Å². The SMILES string of the molecule is CCOc1ccc(NC(=O)CC2C(=O)N(c3cccc(Cl)c3)C(=S)N2CCCc2ccccc2)cc1. The summed E-state index contributed by atoms with van der Waals surface area (Å²) in [6.07, 6.45) is 1.61. The smallest absolute Gasteiger partial charge is 0.256 e. The Balaban J connectivity index is 1.49. The van der Waals surface area contributed by atoms with Crippen LogP contribution in [0.3, 0.4) is 0 Å². The van der Waals surface area contributed by atoms with Crippen LogP contribution in [0.25, 0.3) is 0 Å². The van der Waals surface area contributed by atoms with Crippen LogP contribution in [0, 0.1) is 0 Å². The maximum atomic E-state index is 13.5. The Morgan fingerprint density at radius 3 is 2.50 bits per heavy atom. The third-order valence-corrected chi connectivity index (χ3v) is 6.57. The summed E-state index contributed by atoms with van der Waals surface area (Å²) < 4.78 is 5.45. The van der Waals surface area contributed by atoms with Crippen molar-refractivity contribution in [3.8, 4) is 5.75 Å². The Bertz CT molecular complexity index is 1220. The van der Waals surface area contributed by atoms with Crippen LogP contribution in [0.15, 0.2) is 78.9 Å². The molecule has 1 fully saturated rings. The molecule has 1 unspecified atom stereocenters. The van der Waals surface area contributed by atoms with Crippen molar-refractivity contribution >= 4 is 52.1 Å². The van der Waals surface area contributed by atoms with E-state index >= 15 is 0 Å². The third kappa shape index (κ3) is 6.22. The van der Waals surface area contributed by atoms with E-state index in [0.29, 0.717) is 34.7 Å². The normalized spacial score (nSPS) is 15.3. The quantitative estimate of drug-likeness (QED) is 0.347. The predicted molar refractivity (Wildman–Crippen MR) is 148 cm³/mol. The van der Waals surface area contributed by atoms with Crippen LogP contribution in [-0.4, -0.2) is 41.0 Å². The van der Waals surface area contributed by atoms with Crippen molar-refractivity contribution in [3.05, 3.63) is 89.4 Å². The topological polar surface area (TPSA) is 61.9 Å². The molecule has 3 aromatic rings. The second-order valence-electron chi connectivity index (χ2n) is 8.44. The highest BCUT2D eigenvalue weighted by atomic mass is 35.5. The molecular formula is C28H28ClN3O3S. The van der Waals surface area contributed by atoms with Crippen LogP contribution < -0.4 is 15.0 Å². The fourth-order valence-electron chi connectivity index (χ4n) is 4.23. The van der Waals surface area contributed by atoms with E-state index in [0.717, 1.165) is 18.6 Å². The van der Waals surface area contributed by atoms with Crippen molar-refractivity contribution in [2.24, 2.45) is 0 Å². The Morgan fingerprint density at radius 2 is 1.81 bits per heavy atom. The summed E-state index contributed by atoms with van der Waals surface area (Å²) in [5.74, 6) is 0.235. The fourth-order valence-corrected chi connectivity index (χ4v) is 4.83. The van der Waals surface area contributed by atoms with Crippen LogP contribution in [0.5, 0.6) is 5.75 Å². The number of benzene rings is 3. The van der Waals surface area contributed by atoms with Crippen LogP contribution in [-0.2, 0) is 16.0 Å². The minimum absolute atomic E-state index is 0.0193. The minimum Gasteiger partial charge on any atom is -0.494 e. The summed E-state index contributed by atoms with van der Waals surface area (Å²) in [5, 5.41) is 3.78. The van der Waals surface area contributed by atoms with Gasteiger partial charge in [-0.15, -0.1) is 0 Å². The lowest BCUT2D eigenvalue weighted by Gasteiger charge is -2.24. The number of amides is 2. The molecule has 0 bridgehead atoms. The predicted octanol–water partition coefficient (Wildman–Crippen LogP) is 5.70. The largest absolute Gasteiger partial charge is 0.494 e. The zero-order valence-electron chi connectivity index (χ0n) is 20.0. The number of anilines is 2. The van der Waals surface area contributed by atoms with Gasteiger partial charge in [0.1, 0.15) is 11.8 Å². The molecule has 0 radical (unpaired) electrons. The molecule has 8 heteroatoms. The molecule has 3 aromatic carbocycles. The number of carbonyl (C=O) groups is 2. The highest BCUT2D eigenvalue weighted by Crippen LogP contribution is 2.29. The number of nitrogens with zero attached hydrogens (tertiary/aromatic N) is 2. The summed E-state index contributed by atoms with van der Waals surface area (Å²) in [4.78, 5) is 29.8. The highest BCUT2D eigenvalue weighted by molar-refractivity contribution is 7.80. The third-order valence-electron chi connectivity index (χ3n) is 5.92. The maximum Gasteiger partial charge on any atom is 0.256 e. The van der Waals surface area contributed by atoms with Gasteiger partial charge in [0.2, 0.25) is 5.91 Å². The maximum absolute atomic E-state index is 13.5. The molecule has 6 nitrogen and oxygen atoms in total. The van der Waals surface area contributed by atoms with E-state index < -0.39 is 6.04 Å². The molecule has 1 atom stereocenters. The zero-order valence-corrected chi connectivity index (χ0v) is 21.6. The molecule has 4 rings (SSSR count). The molecule has 2 amide bonds. The molecule has 0 saturated carbocycles. The number of nitrogens with one attached hydrogen (secondary N) is 1. The lowest BCUT2D eigenvalue weighted by molar-refractivity contribution is -0.124. The average Bonchev–Trinajstić information content (AvgIpc) is 3.10. The molecule has 1 N–H and O–H groups in total. The van der Waals surface area contributed by atoms with E-state index in [2.05, 4.69) is 17.4 Å². The molecule has 186 valence electrons. The molecule has 36 heavy (non-hydrogen) atoms. The molecule has 1 heterocycles. The summed E-state index contributed by atoms with van der Waals surface area (Å²) in [5.41, 5.74) is 2.45. The van der Waals surface area contributed by atoms with Gasteiger partial charge >= 0.3 is 0 Å². The van der Waals surface area contributed by atoms with Crippen molar-refractivity contribution in [2.45, 2.75) is 32.2 Å². The van der Waals surface area contributed by atoms with Gasteiger partial charge in [-0.25, -0.2) is 0 Å². The van der Waals surface area contributed by atoms with Crippen molar-refractivity contribution in [2.75, 3.05) is 23.4 Å². The number of ether oxygens (including phenoxy) is 1. The first-order chi connectivity index (χ1) is 17.5. The molecule has 1 aliphatic heterocycles.